The molecule has 0 saturated carbocycles. The van der Waals surface area contributed by atoms with Crippen LogP contribution in [-0.2, 0) is 4.79 Å². The number of amides is 1. The normalized spacial score (nSPS) is 15.0. The van der Waals surface area contributed by atoms with E-state index < -0.39 is 0 Å². The highest BCUT2D eigenvalue weighted by molar-refractivity contribution is 6.33. The maximum atomic E-state index is 13.4. The molecular weight excluding hydrogens is 360 g/mol. The third-order valence-electron chi connectivity index (χ3n) is 4.83. The van der Waals surface area contributed by atoms with Crippen LogP contribution in [0.5, 0.6) is 5.75 Å². The first-order valence-electron chi connectivity index (χ1n) is 9.48. The van der Waals surface area contributed by atoms with Crippen molar-refractivity contribution in [2.24, 2.45) is 4.99 Å². The summed E-state index contributed by atoms with van der Waals surface area (Å²) in [4.78, 5) is 19.8. The zero-order valence-electron chi connectivity index (χ0n) is 16.7. The molecule has 0 aromatic heterocycles. The SMILES string of the molecule is COc1ccccc1/C=C1/N=C(c2cccc(C)c2)N(c2cccc(C)c2)C1=O. The fraction of sp³-hybridized carbons (Fsp3) is 0.120. The average molecular weight is 382 g/mol. The van der Waals surface area contributed by atoms with Gasteiger partial charge in [0.25, 0.3) is 5.91 Å². The molecule has 4 heteroatoms. The number of nitrogens with zero attached hydrogens (tertiary/aromatic N) is 2. The first-order chi connectivity index (χ1) is 14.1. The lowest BCUT2D eigenvalue weighted by Gasteiger charge is -2.19. The van der Waals surface area contributed by atoms with E-state index in [9.17, 15) is 4.79 Å². The lowest BCUT2D eigenvalue weighted by atomic mass is 10.1. The van der Waals surface area contributed by atoms with Crippen molar-refractivity contribution in [2.75, 3.05) is 12.0 Å². The molecule has 0 unspecified atom stereocenters. The first kappa shape index (κ1) is 18.7. The minimum atomic E-state index is -0.155. The third-order valence-corrected chi connectivity index (χ3v) is 4.83. The van der Waals surface area contributed by atoms with E-state index in [2.05, 4.69) is 0 Å². The second-order valence-corrected chi connectivity index (χ2v) is 7.06. The van der Waals surface area contributed by atoms with Crippen molar-refractivity contribution in [1.82, 2.24) is 0 Å². The monoisotopic (exact) mass is 382 g/mol. The molecule has 0 aliphatic carbocycles. The van der Waals surface area contributed by atoms with E-state index in [1.165, 1.54) is 0 Å². The number of carbonyl (C=O) groups excluding carboxylic acids is 1. The topological polar surface area (TPSA) is 41.9 Å². The molecule has 0 fully saturated rings. The van der Waals surface area contributed by atoms with Crippen molar-refractivity contribution in [3.05, 3.63) is 101 Å². The van der Waals surface area contributed by atoms with Crippen molar-refractivity contribution in [2.45, 2.75) is 13.8 Å². The second kappa shape index (κ2) is 7.76. The van der Waals surface area contributed by atoms with Gasteiger partial charge in [-0.3, -0.25) is 9.69 Å². The van der Waals surface area contributed by atoms with Crippen LogP contribution in [0.4, 0.5) is 5.69 Å². The molecule has 0 N–H and O–H groups in total. The zero-order valence-corrected chi connectivity index (χ0v) is 16.7. The predicted molar refractivity (Wildman–Crippen MR) is 117 cm³/mol. The summed E-state index contributed by atoms with van der Waals surface area (Å²) in [6.07, 6.45) is 1.78. The van der Waals surface area contributed by atoms with Crippen molar-refractivity contribution in [3.63, 3.8) is 0 Å². The van der Waals surface area contributed by atoms with Gasteiger partial charge in [-0.1, -0.05) is 54.1 Å². The zero-order chi connectivity index (χ0) is 20.4. The molecular formula is C25H22N2O2. The van der Waals surface area contributed by atoms with Crippen LogP contribution in [0, 0.1) is 13.8 Å². The van der Waals surface area contributed by atoms with Gasteiger partial charge in [0.2, 0.25) is 0 Å². The smallest absolute Gasteiger partial charge is 0.282 e. The molecule has 1 heterocycles. The van der Waals surface area contributed by atoms with Gasteiger partial charge in [0.05, 0.1) is 12.8 Å². The van der Waals surface area contributed by atoms with Crippen LogP contribution in [0.2, 0.25) is 0 Å². The molecule has 4 nitrogen and oxygen atoms in total. The molecule has 0 atom stereocenters. The van der Waals surface area contributed by atoms with Crippen molar-refractivity contribution >= 4 is 23.5 Å². The largest absolute Gasteiger partial charge is 0.496 e. The lowest BCUT2D eigenvalue weighted by molar-refractivity contribution is -0.113. The van der Waals surface area contributed by atoms with E-state index in [4.69, 9.17) is 9.73 Å². The Bertz CT molecular complexity index is 1140. The van der Waals surface area contributed by atoms with E-state index in [1.54, 1.807) is 18.1 Å². The number of hydrogen-bond donors (Lipinski definition) is 0. The van der Waals surface area contributed by atoms with Crippen LogP contribution in [0.25, 0.3) is 6.08 Å². The highest BCUT2D eigenvalue weighted by atomic mass is 16.5. The summed E-state index contributed by atoms with van der Waals surface area (Å²) >= 11 is 0. The Morgan fingerprint density at radius 3 is 2.34 bits per heavy atom. The van der Waals surface area contributed by atoms with Crippen LogP contribution < -0.4 is 9.64 Å². The van der Waals surface area contributed by atoms with E-state index in [1.807, 2.05) is 86.6 Å². The Morgan fingerprint density at radius 2 is 1.62 bits per heavy atom. The second-order valence-electron chi connectivity index (χ2n) is 7.06. The van der Waals surface area contributed by atoms with Crippen LogP contribution >= 0.6 is 0 Å². The summed E-state index contributed by atoms with van der Waals surface area (Å²) in [5.41, 5.74) is 5.11. The number of benzene rings is 3. The summed E-state index contributed by atoms with van der Waals surface area (Å²) in [5.74, 6) is 1.18. The molecule has 144 valence electrons. The Kier molecular flexibility index (Phi) is 5.00. The number of hydrogen-bond acceptors (Lipinski definition) is 3. The van der Waals surface area contributed by atoms with Gasteiger partial charge < -0.3 is 4.74 Å². The van der Waals surface area contributed by atoms with E-state index in [0.29, 0.717) is 17.3 Å². The Balaban J connectivity index is 1.86. The Labute approximate surface area is 170 Å². The van der Waals surface area contributed by atoms with Crippen molar-refractivity contribution in [3.8, 4) is 5.75 Å². The Morgan fingerprint density at radius 1 is 0.897 bits per heavy atom. The molecule has 1 aliphatic rings. The first-order valence-corrected chi connectivity index (χ1v) is 9.48. The minimum Gasteiger partial charge on any atom is -0.496 e. The summed E-state index contributed by atoms with van der Waals surface area (Å²) in [6, 6.07) is 23.5. The molecule has 0 saturated heterocycles. The van der Waals surface area contributed by atoms with Gasteiger partial charge >= 0.3 is 0 Å². The number of aliphatic imine (C=N–C) groups is 1. The summed E-state index contributed by atoms with van der Waals surface area (Å²) in [6.45, 7) is 4.04. The van der Waals surface area contributed by atoms with Crippen LogP contribution in [0.3, 0.4) is 0 Å². The van der Waals surface area contributed by atoms with Crippen LogP contribution in [-0.4, -0.2) is 18.9 Å². The van der Waals surface area contributed by atoms with Gasteiger partial charge in [0.15, 0.2) is 0 Å². The number of amidine groups is 1. The average Bonchev–Trinajstić information content (AvgIpc) is 3.04. The maximum Gasteiger partial charge on any atom is 0.282 e. The predicted octanol–water partition coefficient (Wildman–Crippen LogP) is 5.15. The number of methoxy groups -OCH3 is 1. The standard InChI is InChI=1S/C25H22N2O2/c1-17-8-6-11-20(14-17)24-26-22(16-19-10-4-5-13-23(19)29-3)25(28)27(24)21-12-7-9-18(2)15-21/h4-16H,1-3H3/b22-16+. The van der Waals surface area contributed by atoms with Gasteiger partial charge in [-0.15, -0.1) is 0 Å². The minimum absolute atomic E-state index is 0.155. The lowest BCUT2D eigenvalue weighted by Crippen LogP contribution is -2.32. The molecule has 1 aliphatic heterocycles. The van der Waals surface area contributed by atoms with Crippen molar-refractivity contribution < 1.29 is 9.53 Å². The highest BCUT2D eigenvalue weighted by Crippen LogP contribution is 2.30. The fourth-order valence-electron chi connectivity index (χ4n) is 3.43. The van der Waals surface area contributed by atoms with E-state index in [0.717, 1.165) is 27.9 Å². The van der Waals surface area contributed by atoms with Crippen LogP contribution in [0.1, 0.15) is 22.3 Å². The molecule has 1 amide bonds. The van der Waals surface area contributed by atoms with Gasteiger partial charge in [-0.25, -0.2) is 4.99 Å². The maximum absolute atomic E-state index is 13.4. The Hall–Kier alpha value is -3.66. The van der Waals surface area contributed by atoms with Crippen LogP contribution in [0.15, 0.2) is 83.5 Å². The summed E-state index contributed by atoms with van der Waals surface area (Å²) in [5, 5.41) is 0. The number of aryl methyl sites for hydroxylation is 2. The molecule has 3 aromatic rings. The van der Waals surface area contributed by atoms with Gasteiger partial charge in [0.1, 0.15) is 17.3 Å². The quantitative estimate of drug-likeness (QED) is 0.586. The molecule has 0 bridgehead atoms. The van der Waals surface area contributed by atoms with E-state index in [-0.39, 0.29) is 5.91 Å². The fourth-order valence-corrected chi connectivity index (χ4v) is 3.43. The molecule has 4 rings (SSSR count). The molecule has 0 spiro atoms. The molecule has 29 heavy (non-hydrogen) atoms. The number of para-hydroxylation sites is 1. The highest BCUT2D eigenvalue weighted by Gasteiger charge is 2.32. The molecule has 3 aromatic carbocycles. The third kappa shape index (κ3) is 3.69. The number of carbonyl (C=O) groups is 1. The number of ether oxygens (including phenoxy) is 1. The van der Waals surface area contributed by atoms with Gasteiger partial charge in [0, 0.05) is 11.1 Å². The summed E-state index contributed by atoms with van der Waals surface area (Å²) < 4.78 is 5.43. The van der Waals surface area contributed by atoms with E-state index >= 15 is 0 Å². The van der Waals surface area contributed by atoms with Crippen molar-refractivity contribution in [1.29, 1.82) is 0 Å². The van der Waals surface area contributed by atoms with Gasteiger partial charge in [-0.05, 0) is 49.8 Å². The molecule has 0 radical (unpaired) electrons. The number of anilines is 1. The summed E-state index contributed by atoms with van der Waals surface area (Å²) in [7, 11) is 1.62. The number of rotatable bonds is 4. The van der Waals surface area contributed by atoms with Gasteiger partial charge in [-0.2, -0.15) is 0 Å².